The molecular formula is C16H15N3O2S. The second kappa shape index (κ2) is 5.38. The molecule has 5 nitrogen and oxygen atoms in total. The van der Waals surface area contributed by atoms with E-state index < -0.39 is 5.91 Å². The van der Waals surface area contributed by atoms with Gasteiger partial charge in [-0.25, -0.2) is 4.98 Å². The van der Waals surface area contributed by atoms with Crippen molar-refractivity contribution in [1.29, 1.82) is 0 Å². The van der Waals surface area contributed by atoms with Crippen LogP contribution in [0.15, 0.2) is 35.3 Å². The van der Waals surface area contributed by atoms with Crippen LogP contribution in [0.3, 0.4) is 0 Å². The summed E-state index contributed by atoms with van der Waals surface area (Å²) in [5.41, 5.74) is 2.22. The number of fused-ring (bicyclic) bond motifs is 1. The number of hydrogen-bond acceptors (Lipinski definition) is 4. The fourth-order valence-corrected chi connectivity index (χ4v) is 3.18. The third-order valence-electron chi connectivity index (χ3n) is 3.54. The van der Waals surface area contributed by atoms with Gasteiger partial charge in [0.05, 0.1) is 0 Å². The molecule has 0 spiro atoms. The lowest BCUT2D eigenvalue weighted by Crippen LogP contribution is -2.26. The Morgan fingerprint density at radius 3 is 2.77 bits per heavy atom. The highest BCUT2D eigenvalue weighted by Crippen LogP contribution is 2.18. The van der Waals surface area contributed by atoms with Crippen LogP contribution >= 0.6 is 11.3 Å². The molecule has 0 radical (unpaired) electrons. The number of carbonyl (C=O) groups is 1. The first-order valence-corrected chi connectivity index (χ1v) is 7.65. The minimum Gasteiger partial charge on any atom is -0.322 e. The molecule has 22 heavy (non-hydrogen) atoms. The number of rotatable bonds is 2. The minimum atomic E-state index is -0.444. The van der Waals surface area contributed by atoms with Crippen molar-refractivity contribution in [3.05, 3.63) is 62.5 Å². The number of nitrogens with zero attached hydrogens (tertiary/aromatic N) is 2. The molecule has 0 saturated heterocycles. The summed E-state index contributed by atoms with van der Waals surface area (Å²) in [5.74, 6) is -0.444. The molecule has 0 saturated carbocycles. The predicted molar refractivity (Wildman–Crippen MR) is 87.9 cm³/mol. The van der Waals surface area contributed by atoms with Crippen molar-refractivity contribution >= 4 is 27.9 Å². The second-order valence-electron chi connectivity index (χ2n) is 5.16. The Balaban J connectivity index is 2.03. The lowest BCUT2D eigenvalue weighted by molar-refractivity contribution is 0.102. The molecule has 6 heteroatoms. The predicted octanol–water partition coefficient (Wildman–Crippen LogP) is 2.93. The molecule has 1 N–H and O–H groups in total. The van der Waals surface area contributed by atoms with Crippen LogP contribution < -0.4 is 10.9 Å². The van der Waals surface area contributed by atoms with Crippen LogP contribution in [0.5, 0.6) is 0 Å². The van der Waals surface area contributed by atoms with Gasteiger partial charge in [0.1, 0.15) is 5.56 Å². The molecule has 1 aromatic carbocycles. The van der Waals surface area contributed by atoms with Crippen LogP contribution in [0.2, 0.25) is 0 Å². The average Bonchev–Trinajstić information content (AvgIpc) is 2.75. The zero-order valence-electron chi connectivity index (χ0n) is 12.5. The fraction of sp³-hybridized carbons (Fsp3) is 0.188. The van der Waals surface area contributed by atoms with Gasteiger partial charge in [-0.15, -0.1) is 11.3 Å². The molecule has 0 aliphatic heterocycles. The highest BCUT2D eigenvalue weighted by atomic mass is 32.1. The highest BCUT2D eigenvalue weighted by Gasteiger charge is 2.16. The van der Waals surface area contributed by atoms with Crippen molar-refractivity contribution in [2.24, 2.45) is 0 Å². The largest absolute Gasteiger partial charge is 0.322 e. The van der Waals surface area contributed by atoms with Gasteiger partial charge in [0.2, 0.25) is 0 Å². The average molecular weight is 313 g/mol. The van der Waals surface area contributed by atoms with E-state index in [0.717, 1.165) is 16.1 Å². The summed E-state index contributed by atoms with van der Waals surface area (Å²) in [7, 11) is 0. The molecule has 112 valence electrons. The zero-order chi connectivity index (χ0) is 15.9. The van der Waals surface area contributed by atoms with Crippen molar-refractivity contribution in [3.63, 3.8) is 0 Å². The summed E-state index contributed by atoms with van der Waals surface area (Å²) in [5, 5.41) is 2.74. The van der Waals surface area contributed by atoms with Crippen LogP contribution in [0.25, 0.3) is 4.96 Å². The van der Waals surface area contributed by atoms with E-state index in [1.165, 1.54) is 21.9 Å². The summed E-state index contributed by atoms with van der Waals surface area (Å²) in [6.07, 6.45) is 1.35. The smallest absolute Gasteiger partial charge is 0.271 e. The zero-order valence-corrected chi connectivity index (χ0v) is 13.3. The monoisotopic (exact) mass is 313 g/mol. The number of anilines is 1. The number of benzene rings is 1. The molecule has 0 atom stereocenters. The van der Waals surface area contributed by atoms with Gasteiger partial charge in [-0.3, -0.25) is 14.0 Å². The summed E-state index contributed by atoms with van der Waals surface area (Å²) in [4.78, 5) is 30.7. The van der Waals surface area contributed by atoms with Crippen molar-refractivity contribution in [3.8, 4) is 0 Å². The first kappa shape index (κ1) is 14.5. The van der Waals surface area contributed by atoms with E-state index in [-0.39, 0.29) is 11.1 Å². The summed E-state index contributed by atoms with van der Waals surface area (Å²) in [6, 6.07) is 7.43. The SMILES string of the molecule is Cc1cccc(NC(=O)c2cnc3sc(C)c(C)n3c2=O)c1. The Bertz CT molecular complexity index is 940. The number of aromatic nitrogens is 2. The van der Waals surface area contributed by atoms with E-state index in [1.54, 1.807) is 6.07 Å². The molecule has 3 rings (SSSR count). The van der Waals surface area contributed by atoms with Crippen molar-refractivity contribution in [2.45, 2.75) is 20.8 Å². The lowest BCUT2D eigenvalue weighted by atomic mass is 10.2. The fourth-order valence-electron chi connectivity index (χ4n) is 2.25. The van der Waals surface area contributed by atoms with Crippen LogP contribution in [-0.4, -0.2) is 15.3 Å². The maximum Gasteiger partial charge on any atom is 0.271 e. The Morgan fingerprint density at radius 1 is 1.27 bits per heavy atom. The topological polar surface area (TPSA) is 63.5 Å². The Hall–Kier alpha value is -2.47. The van der Waals surface area contributed by atoms with Crippen LogP contribution in [-0.2, 0) is 0 Å². The molecule has 1 amide bonds. The Morgan fingerprint density at radius 2 is 2.05 bits per heavy atom. The third-order valence-corrected chi connectivity index (χ3v) is 4.61. The van der Waals surface area contributed by atoms with E-state index in [4.69, 9.17) is 0 Å². The second-order valence-corrected chi connectivity index (χ2v) is 6.34. The van der Waals surface area contributed by atoms with Crippen molar-refractivity contribution in [1.82, 2.24) is 9.38 Å². The van der Waals surface area contributed by atoms with Crippen LogP contribution in [0, 0.1) is 20.8 Å². The maximum atomic E-state index is 12.5. The summed E-state index contributed by atoms with van der Waals surface area (Å²) < 4.78 is 1.49. The van der Waals surface area contributed by atoms with Gasteiger partial charge >= 0.3 is 0 Å². The van der Waals surface area contributed by atoms with Crippen LogP contribution in [0.4, 0.5) is 5.69 Å². The molecule has 3 aromatic rings. The first-order valence-electron chi connectivity index (χ1n) is 6.83. The standard InChI is InChI=1S/C16H15N3O2S/c1-9-5-4-6-12(7-9)18-14(20)13-8-17-16-19(15(13)21)10(2)11(3)22-16/h4-8H,1-3H3,(H,18,20). The van der Waals surface area contributed by atoms with E-state index in [0.29, 0.717) is 10.6 Å². The van der Waals surface area contributed by atoms with Gasteiger partial charge in [0.15, 0.2) is 4.96 Å². The number of aryl methyl sites for hydroxylation is 3. The van der Waals surface area contributed by atoms with Crippen molar-refractivity contribution in [2.75, 3.05) is 5.32 Å². The number of hydrogen-bond donors (Lipinski definition) is 1. The molecule has 2 heterocycles. The van der Waals surface area contributed by atoms with Gasteiger partial charge in [-0.1, -0.05) is 12.1 Å². The van der Waals surface area contributed by atoms with E-state index in [9.17, 15) is 9.59 Å². The third kappa shape index (κ3) is 2.42. The Kier molecular flexibility index (Phi) is 3.54. The summed E-state index contributed by atoms with van der Waals surface area (Å²) >= 11 is 1.44. The maximum absolute atomic E-state index is 12.5. The minimum absolute atomic E-state index is 0.0416. The van der Waals surface area contributed by atoms with Gasteiger partial charge in [0.25, 0.3) is 11.5 Å². The molecule has 0 aliphatic rings. The number of thiazole rings is 1. The number of carbonyl (C=O) groups excluding carboxylic acids is 1. The van der Waals surface area contributed by atoms with Gasteiger partial charge in [0, 0.05) is 22.5 Å². The van der Waals surface area contributed by atoms with E-state index in [1.807, 2.05) is 39.0 Å². The van der Waals surface area contributed by atoms with E-state index in [2.05, 4.69) is 10.3 Å². The molecular weight excluding hydrogens is 298 g/mol. The molecule has 0 aliphatic carbocycles. The lowest BCUT2D eigenvalue weighted by Gasteiger charge is -2.06. The van der Waals surface area contributed by atoms with Gasteiger partial charge in [-0.05, 0) is 38.5 Å². The molecule has 2 aromatic heterocycles. The summed E-state index contributed by atoms with van der Waals surface area (Å²) in [6.45, 7) is 5.72. The van der Waals surface area contributed by atoms with Gasteiger partial charge in [-0.2, -0.15) is 0 Å². The van der Waals surface area contributed by atoms with Crippen molar-refractivity contribution < 1.29 is 4.79 Å². The molecule has 0 unspecified atom stereocenters. The van der Waals surface area contributed by atoms with Crippen LogP contribution in [0.1, 0.15) is 26.5 Å². The quantitative estimate of drug-likeness (QED) is 0.791. The number of amides is 1. The number of nitrogens with one attached hydrogen (secondary N) is 1. The Labute approximate surface area is 131 Å². The van der Waals surface area contributed by atoms with Gasteiger partial charge < -0.3 is 5.32 Å². The highest BCUT2D eigenvalue weighted by molar-refractivity contribution is 7.17. The van der Waals surface area contributed by atoms with E-state index >= 15 is 0 Å². The molecule has 0 fully saturated rings. The first-order chi connectivity index (χ1) is 10.5. The molecule has 0 bridgehead atoms. The normalized spacial score (nSPS) is 10.9.